The highest BCUT2D eigenvalue weighted by Gasteiger charge is 2.59. The Balaban J connectivity index is 1.49. The molecular weight excluding hydrogens is 402 g/mol. The number of nitrogens with two attached hydrogens (primary N) is 1. The Bertz CT molecular complexity index is 917. The number of hydrogen-bond donors (Lipinski definition) is 2. The molecule has 0 aliphatic heterocycles. The van der Waals surface area contributed by atoms with Crippen LogP contribution in [0.5, 0.6) is 0 Å². The van der Waals surface area contributed by atoms with Crippen molar-refractivity contribution >= 4 is 11.8 Å². The fourth-order valence-corrected chi connectivity index (χ4v) is 6.38. The smallest absolute Gasteiger partial charge is 0.309 e. The topological polar surface area (TPSA) is 109 Å². The third kappa shape index (κ3) is 4.15. The highest BCUT2D eigenvalue weighted by molar-refractivity contribution is 5.89. The normalized spacial score (nSPS) is 33.2. The molecule has 0 radical (unpaired) electrons. The summed E-state index contributed by atoms with van der Waals surface area (Å²) in [6.45, 7) is 6.52. The number of carboxylic acids is 1. The van der Waals surface area contributed by atoms with Crippen LogP contribution >= 0.6 is 0 Å². The van der Waals surface area contributed by atoms with Crippen LogP contribution < -0.4 is 5.73 Å². The van der Waals surface area contributed by atoms with Crippen molar-refractivity contribution in [2.24, 2.45) is 33.9 Å². The van der Waals surface area contributed by atoms with E-state index in [1.807, 2.05) is 6.92 Å². The molecule has 0 amide bonds. The number of nitrogens with zero attached hydrogens (tertiary/aromatic N) is 2. The lowest BCUT2D eigenvalue weighted by Crippen LogP contribution is -2.56. The molecule has 4 aliphatic rings. The predicted octanol–water partition coefficient (Wildman–Crippen LogP) is 4.64. The van der Waals surface area contributed by atoms with Crippen molar-refractivity contribution in [2.45, 2.75) is 83.5 Å². The molecule has 3 atom stereocenters. The van der Waals surface area contributed by atoms with Gasteiger partial charge in [-0.05, 0) is 73.8 Å². The summed E-state index contributed by atoms with van der Waals surface area (Å²) in [7, 11) is 0. The molecule has 4 saturated carbocycles. The van der Waals surface area contributed by atoms with E-state index < -0.39 is 17.0 Å². The van der Waals surface area contributed by atoms with E-state index in [4.69, 9.17) is 15.5 Å². The second-order valence-corrected chi connectivity index (χ2v) is 10.8. The van der Waals surface area contributed by atoms with Gasteiger partial charge in [0.2, 0.25) is 0 Å². The first-order valence-electron chi connectivity index (χ1n) is 11.8. The van der Waals surface area contributed by atoms with Crippen LogP contribution in [-0.4, -0.2) is 28.6 Å². The number of aliphatic carboxylic acids is 1. The van der Waals surface area contributed by atoms with Gasteiger partial charge in [-0.2, -0.15) is 5.26 Å². The van der Waals surface area contributed by atoms with Crippen molar-refractivity contribution < 1.29 is 14.6 Å². The zero-order chi connectivity index (χ0) is 23.1. The van der Waals surface area contributed by atoms with Gasteiger partial charge in [-0.3, -0.25) is 9.79 Å². The zero-order valence-corrected chi connectivity index (χ0v) is 19.4. The van der Waals surface area contributed by atoms with Gasteiger partial charge < -0.3 is 15.6 Å². The summed E-state index contributed by atoms with van der Waals surface area (Å²) in [4.78, 5) is 16.9. The molecule has 4 fully saturated rings. The number of carboxylic acid groups (broad SMARTS) is 1. The average molecular weight is 438 g/mol. The van der Waals surface area contributed by atoms with Crippen LogP contribution in [0.25, 0.3) is 0 Å². The van der Waals surface area contributed by atoms with E-state index in [-0.39, 0.29) is 24.3 Å². The minimum atomic E-state index is -0.968. The molecule has 1 aromatic rings. The van der Waals surface area contributed by atoms with Crippen molar-refractivity contribution in [1.82, 2.24) is 0 Å². The molecule has 4 aliphatic carbocycles. The number of ether oxygens (including phenoxy) is 1. The van der Waals surface area contributed by atoms with E-state index in [2.05, 4.69) is 44.2 Å². The monoisotopic (exact) mass is 437 g/mol. The molecule has 32 heavy (non-hydrogen) atoms. The molecule has 3 unspecified atom stereocenters. The second kappa shape index (κ2) is 8.51. The fourth-order valence-electron chi connectivity index (χ4n) is 6.38. The van der Waals surface area contributed by atoms with E-state index in [1.54, 1.807) is 0 Å². The maximum atomic E-state index is 12.0. The first-order valence-corrected chi connectivity index (χ1v) is 11.8. The molecule has 0 aromatic heterocycles. The summed E-state index contributed by atoms with van der Waals surface area (Å²) in [5.74, 6) is 1.19. The second-order valence-electron chi connectivity index (χ2n) is 10.8. The standard InChI is InChI=1S/C26H35N3O3/c1-16(2)19-6-4-17(5-7-19)15-32-25(3,8-9-27)23(28)29-22-20-10-18-11-21(22)14-26(12-18,13-20)24(30)31/h4-7,16,18,20-22H,8,10-15H2,1-3H3,(H2,28,29)(H,30,31). The lowest BCUT2D eigenvalue weighted by atomic mass is 9.48. The number of amidine groups is 1. The van der Waals surface area contributed by atoms with Gasteiger partial charge in [-0.25, -0.2) is 0 Å². The first kappa shape index (κ1) is 22.8. The Morgan fingerprint density at radius 3 is 2.44 bits per heavy atom. The predicted molar refractivity (Wildman–Crippen MR) is 123 cm³/mol. The molecule has 4 bridgehead atoms. The Kier molecular flexibility index (Phi) is 6.06. The lowest BCUT2D eigenvalue weighted by Gasteiger charge is -2.57. The molecule has 0 spiro atoms. The van der Waals surface area contributed by atoms with Gasteiger partial charge in [0, 0.05) is 0 Å². The highest BCUT2D eigenvalue weighted by atomic mass is 16.5. The van der Waals surface area contributed by atoms with Crippen molar-refractivity contribution in [1.29, 1.82) is 5.26 Å². The molecule has 6 nitrogen and oxygen atoms in total. The molecule has 0 heterocycles. The van der Waals surface area contributed by atoms with Crippen LogP contribution in [-0.2, 0) is 16.1 Å². The zero-order valence-electron chi connectivity index (χ0n) is 19.4. The maximum absolute atomic E-state index is 12.0. The molecule has 1 aromatic carbocycles. The SMILES string of the molecule is CC(C)c1ccc(COC(C)(CC#N)C(N)=NC2C3CC4CC2CC(C(=O)O)(C4)C3)cc1. The van der Waals surface area contributed by atoms with Crippen molar-refractivity contribution in [3.8, 4) is 6.07 Å². The van der Waals surface area contributed by atoms with Crippen molar-refractivity contribution in [3.05, 3.63) is 35.4 Å². The largest absolute Gasteiger partial charge is 0.481 e. The number of hydrogen-bond acceptors (Lipinski definition) is 4. The van der Waals surface area contributed by atoms with Gasteiger partial charge in [-0.15, -0.1) is 0 Å². The number of nitriles is 1. The van der Waals surface area contributed by atoms with Crippen LogP contribution in [0, 0.1) is 34.5 Å². The van der Waals surface area contributed by atoms with Gasteiger partial charge in [0.05, 0.1) is 30.6 Å². The number of benzene rings is 1. The Morgan fingerprint density at radius 1 is 1.28 bits per heavy atom. The molecule has 172 valence electrons. The van der Waals surface area contributed by atoms with Crippen molar-refractivity contribution in [2.75, 3.05) is 0 Å². The quantitative estimate of drug-likeness (QED) is 0.455. The lowest BCUT2D eigenvalue weighted by molar-refractivity contribution is -0.166. The Hall–Kier alpha value is -2.39. The maximum Gasteiger partial charge on any atom is 0.309 e. The minimum Gasteiger partial charge on any atom is -0.481 e. The Labute approximate surface area is 190 Å². The van der Waals surface area contributed by atoms with Crippen LogP contribution in [0.15, 0.2) is 29.3 Å². The van der Waals surface area contributed by atoms with Crippen LogP contribution in [0.3, 0.4) is 0 Å². The number of aliphatic imine (C=N–C) groups is 1. The Morgan fingerprint density at radius 2 is 1.91 bits per heavy atom. The van der Waals surface area contributed by atoms with Gasteiger partial charge in [0.15, 0.2) is 0 Å². The van der Waals surface area contributed by atoms with Gasteiger partial charge >= 0.3 is 5.97 Å². The molecule has 0 saturated heterocycles. The van der Waals surface area contributed by atoms with Gasteiger partial charge in [0.1, 0.15) is 11.4 Å². The van der Waals surface area contributed by atoms with E-state index in [0.717, 1.165) is 24.8 Å². The highest BCUT2D eigenvalue weighted by Crippen LogP contribution is 2.61. The summed E-state index contributed by atoms with van der Waals surface area (Å²) in [5, 5.41) is 19.3. The van der Waals surface area contributed by atoms with Gasteiger partial charge in [0.25, 0.3) is 0 Å². The molecule has 5 rings (SSSR count). The first-order chi connectivity index (χ1) is 15.2. The van der Waals surface area contributed by atoms with Crippen LogP contribution in [0.2, 0.25) is 0 Å². The number of carbonyl (C=O) groups is 1. The van der Waals surface area contributed by atoms with E-state index >= 15 is 0 Å². The van der Waals surface area contributed by atoms with Crippen molar-refractivity contribution in [3.63, 3.8) is 0 Å². The van der Waals surface area contributed by atoms with Crippen LogP contribution in [0.1, 0.15) is 76.3 Å². The molecular formula is C26H35N3O3. The summed E-state index contributed by atoms with van der Waals surface area (Å²) < 4.78 is 6.20. The van der Waals surface area contributed by atoms with E-state index in [1.165, 1.54) is 5.56 Å². The number of rotatable bonds is 8. The molecule has 6 heteroatoms. The van der Waals surface area contributed by atoms with Gasteiger partial charge in [-0.1, -0.05) is 38.1 Å². The van der Waals surface area contributed by atoms with Crippen LogP contribution in [0.4, 0.5) is 0 Å². The third-order valence-electron chi connectivity index (χ3n) is 8.13. The summed E-state index contributed by atoms with van der Waals surface area (Å²) in [6, 6.07) is 10.6. The third-order valence-corrected chi connectivity index (χ3v) is 8.13. The summed E-state index contributed by atoms with van der Waals surface area (Å²) >= 11 is 0. The fraction of sp³-hybridized carbons (Fsp3) is 0.654. The average Bonchev–Trinajstić information content (AvgIpc) is 2.74. The van der Waals surface area contributed by atoms with E-state index in [9.17, 15) is 15.2 Å². The molecule has 3 N–H and O–H groups in total. The minimum absolute atomic E-state index is 0.0333. The summed E-state index contributed by atoms with van der Waals surface area (Å²) in [5.41, 5.74) is 7.27. The summed E-state index contributed by atoms with van der Waals surface area (Å²) in [6.07, 6.45) is 4.38. The van der Waals surface area contributed by atoms with E-state index in [0.29, 0.717) is 37.1 Å².